The molecule has 0 aliphatic carbocycles. The molecule has 0 spiro atoms. The summed E-state index contributed by atoms with van der Waals surface area (Å²) in [5.41, 5.74) is 3.89. The largest absolute Gasteiger partial charge is 0.545 e. The Balaban J connectivity index is 2.59. The zero-order chi connectivity index (χ0) is 14.0. The summed E-state index contributed by atoms with van der Waals surface area (Å²) < 4.78 is 5.17. The Bertz CT molecular complexity index is 630. The van der Waals surface area contributed by atoms with Crippen LogP contribution in [0.1, 0.15) is 21.5 Å². The third kappa shape index (κ3) is 2.45. The molecule has 0 bridgehead atoms. The first-order chi connectivity index (χ1) is 9.04. The van der Waals surface area contributed by atoms with Crippen LogP contribution in [0.15, 0.2) is 36.4 Å². The molecule has 0 unspecified atom stereocenters. The van der Waals surface area contributed by atoms with Crippen molar-refractivity contribution in [3.63, 3.8) is 0 Å². The Morgan fingerprint density at radius 2 is 1.84 bits per heavy atom. The molecule has 0 heterocycles. The van der Waals surface area contributed by atoms with Crippen molar-refractivity contribution in [2.75, 3.05) is 7.11 Å². The van der Waals surface area contributed by atoms with Gasteiger partial charge in [0.05, 0.1) is 13.1 Å². The number of benzene rings is 2. The van der Waals surface area contributed by atoms with Gasteiger partial charge in [0.25, 0.3) is 0 Å². The molecule has 0 aliphatic heterocycles. The van der Waals surface area contributed by atoms with E-state index in [9.17, 15) is 9.90 Å². The van der Waals surface area contributed by atoms with Gasteiger partial charge in [-0.05, 0) is 48.2 Å². The van der Waals surface area contributed by atoms with Crippen LogP contribution in [0.25, 0.3) is 11.1 Å². The van der Waals surface area contributed by atoms with Gasteiger partial charge in [0.15, 0.2) is 0 Å². The van der Waals surface area contributed by atoms with Crippen LogP contribution in [0.4, 0.5) is 0 Å². The lowest BCUT2D eigenvalue weighted by Crippen LogP contribution is -2.23. The van der Waals surface area contributed by atoms with Crippen molar-refractivity contribution in [2.45, 2.75) is 13.8 Å². The number of carbonyl (C=O) groups excluding carboxylic acids is 1. The maximum atomic E-state index is 11.1. The van der Waals surface area contributed by atoms with Crippen molar-refractivity contribution in [1.29, 1.82) is 0 Å². The second-order valence-electron chi connectivity index (χ2n) is 4.45. The van der Waals surface area contributed by atoms with Crippen molar-refractivity contribution < 1.29 is 14.6 Å². The molecule has 0 fully saturated rings. The van der Waals surface area contributed by atoms with E-state index in [4.69, 9.17) is 4.74 Å². The van der Waals surface area contributed by atoms with E-state index in [1.807, 2.05) is 31.2 Å². The van der Waals surface area contributed by atoms with E-state index in [1.54, 1.807) is 26.2 Å². The number of hydrogen-bond acceptors (Lipinski definition) is 3. The van der Waals surface area contributed by atoms with Gasteiger partial charge in [0, 0.05) is 5.56 Å². The smallest absolute Gasteiger partial charge is 0.119 e. The zero-order valence-corrected chi connectivity index (χ0v) is 11.2. The summed E-state index contributed by atoms with van der Waals surface area (Å²) in [6.45, 7) is 3.77. The van der Waals surface area contributed by atoms with E-state index < -0.39 is 5.97 Å². The predicted molar refractivity (Wildman–Crippen MR) is 72.2 cm³/mol. The fourth-order valence-corrected chi connectivity index (χ4v) is 2.21. The van der Waals surface area contributed by atoms with Gasteiger partial charge < -0.3 is 14.6 Å². The molecule has 0 atom stereocenters. The molecular weight excluding hydrogens is 240 g/mol. The van der Waals surface area contributed by atoms with Crippen LogP contribution >= 0.6 is 0 Å². The van der Waals surface area contributed by atoms with Crippen LogP contribution < -0.4 is 9.84 Å². The first-order valence-electron chi connectivity index (χ1n) is 6.00. The number of carboxylic acids is 1. The summed E-state index contributed by atoms with van der Waals surface area (Å²) in [6.07, 6.45) is 0. The Labute approximate surface area is 112 Å². The van der Waals surface area contributed by atoms with Crippen LogP contribution in [0.2, 0.25) is 0 Å². The SMILES string of the molecule is COc1ccc(-c2cccc(C(=O)[O-])c2C)c(C)c1. The Morgan fingerprint density at radius 1 is 1.11 bits per heavy atom. The van der Waals surface area contributed by atoms with Gasteiger partial charge in [0.1, 0.15) is 5.75 Å². The highest BCUT2D eigenvalue weighted by Crippen LogP contribution is 2.30. The Morgan fingerprint density at radius 3 is 2.42 bits per heavy atom. The summed E-state index contributed by atoms with van der Waals surface area (Å²) in [5, 5.41) is 11.1. The van der Waals surface area contributed by atoms with E-state index >= 15 is 0 Å². The number of rotatable bonds is 3. The van der Waals surface area contributed by atoms with Crippen molar-refractivity contribution >= 4 is 5.97 Å². The second-order valence-corrected chi connectivity index (χ2v) is 4.45. The number of hydrogen-bond donors (Lipinski definition) is 0. The lowest BCUT2D eigenvalue weighted by atomic mass is 9.93. The molecule has 2 aromatic carbocycles. The van der Waals surface area contributed by atoms with Crippen LogP contribution in [-0.4, -0.2) is 13.1 Å². The Kier molecular flexibility index (Phi) is 3.56. The monoisotopic (exact) mass is 255 g/mol. The molecule has 98 valence electrons. The Hall–Kier alpha value is -2.29. The number of methoxy groups -OCH3 is 1. The van der Waals surface area contributed by atoms with E-state index in [0.29, 0.717) is 0 Å². The van der Waals surface area contributed by atoms with Crippen LogP contribution in [0.5, 0.6) is 5.75 Å². The first kappa shape index (κ1) is 13.1. The number of carboxylic acid groups (broad SMARTS) is 1. The van der Waals surface area contributed by atoms with E-state index in [-0.39, 0.29) is 5.56 Å². The standard InChI is InChI=1S/C16H16O3/c1-10-9-12(19-3)7-8-13(10)14-5-4-6-15(11(14)2)16(17)18/h4-9H,1-3H3,(H,17,18)/p-1. The minimum Gasteiger partial charge on any atom is -0.545 e. The van der Waals surface area contributed by atoms with Gasteiger partial charge in [0.2, 0.25) is 0 Å². The maximum Gasteiger partial charge on any atom is 0.119 e. The lowest BCUT2D eigenvalue weighted by molar-refractivity contribution is -0.255. The topological polar surface area (TPSA) is 49.4 Å². The molecule has 0 N–H and O–H groups in total. The highest BCUT2D eigenvalue weighted by atomic mass is 16.5. The summed E-state index contributed by atoms with van der Waals surface area (Å²) in [5.74, 6) is -0.361. The van der Waals surface area contributed by atoms with E-state index in [1.165, 1.54) is 0 Å². The summed E-state index contributed by atoms with van der Waals surface area (Å²) in [7, 11) is 1.62. The van der Waals surface area contributed by atoms with Gasteiger partial charge in [-0.15, -0.1) is 0 Å². The summed E-state index contributed by atoms with van der Waals surface area (Å²) in [6, 6.07) is 10.9. The minimum absolute atomic E-state index is 0.229. The zero-order valence-electron chi connectivity index (χ0n) is 11.2. The van der Waals surface area contributed by atoms with Crippen molar-refractivity contribution in [3.8, 4) is 16.9 Å². The molecule has 3 heteroatoms. The molecule has 2 rings (SSSR count). The first-order valence-corrected chi connectivity index (χ1v) is 6.00. The molecule has 0 aromatic heterocycles. The third-order valence-corrected chi connectivity index (χ3v) is 3.28. The molecule has 3 nitrogen and oxygen atoms in total. The molecule has 0 aliphatic rings. The molecule has 0 saturated carbocycles. The quantitative estimate of drug-likeness (QED) is 0.845. The number of aromatic carboxylic acids is 1. The number of ether oxygens (including phenoxy) is 1. The van der Waals surface area contributed by atoms with Crippen LogP contribution in [0.3, 0.4) is 0 Å². The maximum absolute atomic E-state index is 11.1. The van der Waals surface area contributed by atoms with Crippen molar-refractivity contribution in [2.24, 2.45) is 0 Å². The van der Waals surface area contributed by atoms with E-state index in [2.05, 4.69) is 0 Å². The predicted octanol–water partition coefficient (Wildman–Crippen LogP) is 2.34. The van der Waals surface area contributed by atoms with Gasteiger partial charge in [-0.3, -0.25) is 0 Å². The van der Waals surface area contributed by atoms with Gasteiger partial charge in [-0.25, -0.2) is 0 Å². The van der Waals surface area contributed by atoms with E-state index in [0.717, 1.165) is 28.0 Å². The lowest BCUT2D eigenvalue weighted by Gasteiger charge is -2.14. The summed E-state index contributed by atoms with van der Waals surface area (Å²) in [4.78, 5) is 11.1. The normalized spacial score (nSPS) is 10.3. The molecular formula is C16H15O3-. The highest BCUT2D eigenvalue weighted by molar-refractivity contribution is 5.90. The average molecular weight is 255 g/mol. The third-order valence-electron chi connectivity index (χ3n) is 3.28. The minimum atomic E-state index is -1.15. The van der Waals surface area contributed by atoms with Crippen molar-refractivity contribution in [1.82, 2.24) is 0 Å². The number of aryl methyl sites for hydroxylation is 1. The second kappa shape index (κ2) is 5.14. The summed E-state index contributed by atoms with van der Waals surface area (Å²) >= 11 is 0. The molecule has 0 amide bonds. The number of carbonyl (C=O) groups is 1. The molecule has 19 heavy (non-hydrogen) atoms. The van der Waals surface area contributed by atoms with Crippen LogP contribution in [0, 0.1) is 13.8 Å². The molecule has 0 saturated heterocycles. The fraction of sp³-hybridized carbons (Fsp3) is 0.188. The van der Waals surface area contributed by atoms with Gasteiger partial charge in [-0.1, -0.05) is 24.3 Å². The molecule has 0 radical (unpaired) electrons. The molecule has 2 aromatic rings. The van der Waals surface area contributed by atoms with Gasteiger partial charge in [-0.2, -0.15) is 0 Å². The van der Waals surface area contributed by atoms with Crippen LogP contribution in [-0.2, 0) is 0 Å². The van der Waals surface area contributed by atoms with Gasteiger partial charge >= 0.3 is 0 Å². The van der Waals surface area contributed by atoms with Crippen molar-refractivity contribution in [3.05, 3.63) is 53.1 Å². The highest BCUT2D eigenvalue weighted by Gasteiger charge is 2.09. The average Bonchev–Trinajstić information content (AvgIpc) is 2.39. The fourth-order valence-electron chi connectivity index (χ4n) is 2.21.